The van der Waals surface area contributed by atoms with E-state index in [1.54, 1.807) is 0 Å². The van der Waals surface area contributed by atoms with Crippen LogP contribution in [0.5, 0.6) is 0 Å². The van der Waals surface area contributed by atoms with E-state index in [2.05, 4.69) is 30.0 Å². The summed E-state index contributed by atoms with van der Waals surface area (Å²) in [7, 11) is 6.20. The monoisotopic (exact) mass is 289 g/mol. The third-order valence-corrected chi connectivity index (χ3v) is 4.03. The van der Waals surface area contributed by atoms with E-state index in [0.717, 1.165) is 43.7 Å². The second kappa shape index (κ2) is 6.89. The van der Waals surface area contributed by atoms with E-state index in [0.29, 0.717) is 0 Å². The lowest BCUT2D eigenvalue weighted by Gasteiger charge is -2.25. The Kier molecular flexibility index (Phi) is 5.17. The Hall–Kier alpha value is -1.62. The number of pyridine rings is 1. The average Bonchev–Trinajstić information content (AvgIpc) is 2.45. The molecule has 0 aromatic carbocycles. The summed E-state index contributed by atoms with van der Waals surface area (Å²) >= 11 is 0. The zero-order valence-electron chi connectivity index (χ0n) is 13.4. The molecule has 0 amide bonds. The normalized spacial score (nSPS) is 14.1. The second-order valence-corrected chi connectivity index (χ2v) is 6.16. The minimum absolute atomic E-state index is 0.116. The maximum absolute atomic E-state index is 7.84. The number of nitrogen functional groups attached to an aromatic ring is 1. The lowest BCUT2D eigenvalue weighted by Crippen LogP contribution is -2.28. The van der Waals surface area contributed by atoms with Gasteiger partial charge in [0.2, 0.25) is 0 Å². The molecule has 0 aliphatic heterocycles. The summed E-state index contributed by atoms with van der Waals surface area (Å²) in [4.78, 5) is 9.14. The molecule has 0 bridgehead atoms. The summed E-state index contributed by atoms with van der Waals surface area (Å²) < 4.78 is 0. The Bertz CT molecular complexity index is 510. The Labute approximate surface area is 127 Å². The van der Waals surface area contributed by atoms with Gasteiger partial charge in [-0.25, -0.2) is 4.98 Å². The quantitative estimate of drug-likeness (QED) is 0.617. The molecule has 0 radical (unpaired) electrons. The van der Waals surface area contributed by atoms with Gasteiger partial charge in [-0.1, -0.05) is 0 Å². The number of hydrogen-bond acceptors (Lipinski definition) is 4. The van der Waals surface area contributed by atoms with Crippen LogP contribution in [0.4, 0.5) is 5.82 Å². The number of nitrogens with zero attached hydrogens (tertiary/aromatic N) is 3. The molecule has 1 heterocycles. The van der Waals surface area contributed by atoms with E-state index >= 15 is 0 Å². The van der Waals surface area contributed by atoms with Crippen molar-refractivity contribution in [2.75, 3.05) is 39.1 Å². The van der Waals surface area contributed by atoms with E-state index in [9.17, 15) is 0 Å². The molecule has 2 rings (SSSR count). The Morgan fingerprint density at radius 1 is 1.24 bits per heavy atom. The summed E-state index contributed by atoms with van der Waals surface area (Å²) in [6.07, 6.45) is 5.60. The van der Waals surface area contributed by atoms with Crippen LogP contribution in [0.15, 0.2) is 6.07 Å². The number of hydrogen-bond donors (Lipinski definition) is 2. The number of aryl methyl sites for hydroxylation is 2. The van der Waals surface area contributed by atoms with Crippen LogP contribution in [0.3, 0.4) is 0 Å². The largest absolute Gasteiger partial charge is 0.384 e. The van der Waals surface area contributed by atoms with Gasteiger partial charge < -0.3 is 15.5 Å². The number of nitrogens with two attached hydrogens (primary N) is 1. The van der Waals surface area contributed by atoms with Crippen molar-refractivity contribution in [2.24, 2.45) is 5.73 Å². The van der Waals surface area contributed by atoms with Gasteiger partial charge in [0.05, 0.1) is 5.56 Å². The molecule has 0 atom stereocenters. The summed E-state index contributed by atoms with van der Waals surface area (Å²) in [6, 6.07) is 2.08. The average molecular weight is 289 g/mol. The predicted octanol–water partition coefficient (Wildman–Crippen LogP) is 1.63. The molecule has 5 heteroatoms. The van der Waals surface area contributed by atoms with Gasteiger partial charge in [0.1, 0.15) is 11.7 Å². The summed E-state index contributed by atoms with van der Waals surface area (Å²) in [5, 5.41) is 7.84. The van der Waals surface area contributed by atoms with Crippen molar-refractivity contribution in [2.45, 2.75) is 32.1 Å². The molecule has 116 valence electrons. The third-order valence-electron chi connectivity index (χ3n) is 4.03. The van der Waals surface area contributed by atoms with Crippen molar-refractivity contribution in [1.82, 2.24) is 9.88 Å². The minimum atomic E-state index is 0.116. The lowest BCUT2D eigenvalue weighted by atomic mass is 9.94. The highest BCUT2D eigenvalue weighted by Gasteiger charge is 2.18. The molecule has 0 saturated carbocycles. The number of aromatic nitrogens is 1. The third kappa shape index (κ3) is 3.94. The Morgan fingerprint density at radius 3 is 2.62 bits per heavy atom. The smallest absolute Gasteiger partial charge is 0.139 e. The van der Waals surface area contributed by atoms with Gasteiger partial charge in [-0.3, -0.25) is 5.41 Å². The van der Waals surface area contributed by atoms with Gasteiger partial charge in [-0.2, -0.15) is 0 Å². The first-order valence-electron chi connectivity index (χ1n) is 7.72. The number of amidine groups is 1. The van der Waals surface area contributed by atoms with Crippen LogP contribution in [0.25, 0.3) is 0 Å². The van der Waals surface area contributed by atoms with Gasteiger partial charge in [0.15, 0.2) is 0 Å². The van der Waals surface area contributed by atoms with E-state index in [1.807, 2.05) is 7.05 Å². The predicted molar refractivity (Wildman–Crippen MR) is 88.3 cm³/mol. The topological polar surface area (TPSA) is 69.2 Å². The van der Waals surface area contributed by atoms with Gasteiger partial charge >= 0.3 is 0 Å². The first-order valence-corrected chi connectivity index (χ1v) is 7.72. The molecule has 3 N–H and O–H groups in total. The van der Waals surface area contributed by atoms with E-state index < -0.39 is 0 Å². The summed E-state index contributed by atoms with van der Waals surface area (Å²) in [5.41, 5.74) is 9.02. The second-order valence-electron chi connectivity index (χ2n) is 6.16. The number of fused-ring (bicyclic) bond motifs is 1. The maximum atomic E-state index is 7.84. The van der Waals surface area contributed by atoms with Gasteiger partial charge in [0, 0.05) is 19.3 Å². The number of rotatable bonds is 6. The fourth-order valence-electron chi connectivity index (χ4n) is 2.84. The first-order chi connectivity index (χ1) is 9.99. The van der Waals surface area contributed by atoms with Gasteiger partial charge in [0.25, 0.3) is 0 Å². The number of anilines is 1. The Balaban J connectivity index is 2.21. The molecule has 0 saturated heterocycles. The maximum Gasteiger partial charge on any atom is 0.139 e. The molecule has 0 fully saturated rings. The van der Waals surface area contributed by atoms with Crippen LogP contribution < -0.4 is 10.6 Å². The number of nitrogens with one attached hydrogen (secondary N) is 1. The van der Waals surface area contributed by atoms with Crippen molar-refractivity contribution in [3.8, 4) is 0 Å². The fraction of sp³-hybridized carbons (Fsp3) is 0.625. The van der Waals surface area contributed by atoms with Crippen molar-refractivity contribution in [3.63, 3.8) is 0 Å². The van der Waals surface area contributed by atoms with Crippen molar-refractivity contribution in [3.05, 3.63) is 22.9 Å². The van der Waals surface area contributed by atoms with Gasteiger partial charge in [-0.15, -0.1) is 0 Å². The van der Waals surface area contributed by atoms with Crippen molar-refractivity contribution in [1.29, 1.82) is 5.41 Å². The molecule has 5 nitrogen and oxygen atoms in total. The van der Waals surface area contributed by atoms with Gasteiger partial charge in [-0.05, 0) is 64.4 Å². The molecule has 21 heavy (non-hydrogen) atoms. The fourth-order valence-corrected chi connectivity index (χ4v) is 2.84. The molecule has 1 aromatic rings. The van der Waals surface area contributed by atoms with Crippen LogP contribution in [0.2, 0.25) is 0 Å². The molecule has 1 aliphatic rings. The highest BCUT2D eigenvalue weighted by Crippen LogP contribution is 2.26. The van der Waals surface area contributed by atoms with E-state index in [-0.39, 0.29) is 5.84 Å². The van der Waals surface area contributed by atoms with Crippen molar-refractivity contribution < 1.29 is 0 Å². The zero-order chi connectivity index (χ0) is 15.4. The molecular formula is C16H27N5. The zero-order valence-corrected chi connectivity index (χ0v) is 13.4. The SMILES string of the molecule is CN(C)CCCN(C)c1nc2c(cc1C(=N)N)CCCC2. The van der Waals surface area contributed by atoms with Crippen LogP contribution in [0.1, 0.15) is 36.1 Å². The standard InChI is InChI=1S/C16H27N5/c1-20(2)9-6-10-21(3)16-13(15(17)18)11-12-7-4-5-8-14(12)19-16/h11H,4-10H2,1-3H3,(H3,17,18). The molecular weight excluding hydrogens is 262 g/mol. The van der Waals surface area contributed by atoms with E-state index in [4.69, 9.17) is 16.1 Å². The molecule has 0 spiro atoms. The Morgan fingerprint density at radius 2 is 1.95 bits per heavy atom. The van der Waals surface area contributed by atoms with Crippen LogP contribution >= 0.6 is 0 Å². The highest BCUT2D eigenvalue weighted by atomic mass is 15.2. The van der Waals surface area contributed by atoms with Crippen molar-refractivity contribution >= 4 is 11.7 Å². The van der Waals surface area contributed by atoms with Crippen LogP contribution in [0, 0.1) is 5.41 Å². The van der Waals surface area contributed by atoms with E-state index in [1.165, 1.54) is 24.1 Å². The van der Waals surface area contributed by atoms with Crippen LogP contribution in [-0.4, -0.2) is 50.0 Å². The lowest BCUT2D eigenvalue weighted by molar-refractivity contribution is 0.401. The first kappa shape index (κ1) is 15.8. The molecule has 0 unspecified atom stereocenters. The molecule has 1 aromatic heterocycles. The summed E-state index contributed by atoms with van der Waals surface area (Å²) in [5.74, 6) is 0.979. The summed E-state index contributed by atoms with van der Waals surface area (Å²) in [6.45, 7) is 1.97. The minimum Gasteiger partial charge on any atom is -0.384 e. The highest BCUT2D eigenvalue weighted by molar-refractivity contribution is 5.99. The van der Waals surface area contributed by atoms with Crippen LogP contribution in [-0.2, 0) is 12.8 Å². The molecule has 1 aliphatic carbocycles.